The minimum Gasteiger partial charge on any atom is -0.344 e. The molecule has 0 aromatic rings. The van der Waals surface area contributed by atoms with Gasteiger partial charge in [-0.3, -0.25) is 14.0 Å². The van der Waals surface area contributed by atoms with E-state index in [0.29, 0.717) is 19.4 Å². The highest BCUT2D eigenvalue weighted by molar-refractivity contribution is 5.90. The first-order valence-electron chi connectivity index (χ1n) is 7.79. The molecule has 1 aliphatic carbocycles. The Kier molecular flexibility index (Phi) is 5.38. The van der Waals surface area contributed by atoms with Crippen LogP contribution in [0.2, 0.25) is 0 Å². The molecule has 1 heterocycles. The second-order valence-electron chi connectivity index (χ2n) is 6.07. The Balaban J connectivity index is 2.12. The fourth-order valence-electron chi connectivity index (χ4n) is 3.42. The van der Waals surface area contributed by atoms with Gasteiger partial charge in [0.2, 0.25) is 11.8 Å². The standard InChI is InChI=1S/C15H25FN2O2/c1-11-10-13(19)17-14(12-6-3-2-4-7-12)15(20)18(11)9-5-8-16/h11-12,14H,2-10H2,1H3,(H,17,19). The molecule has 2 amide bonds. The van der Waals surface area contributed by atoms with E-state index in [-0.39, 0.29) is 23.8 Å². The number of hydrogen-bond acceptors (Lipinski definition) is 2. The number of halogens is 1. The van der Waals surface area contributed by atoms with Gasteiger partial charge in [0.1, 0.15) is 6.04 Å². The highest BCUT2D eigenvalue weighted by Crippen LogP contribution is 2.29. The van der Waals surface area contributed by atoms with Crippen LogP contribution in [0.15, 0.2) is 0 Å². The molecule has 2 aliphatic rings. The van der Waals surface area contributed by atoms with Crippen LogP contribution in [0.5, 0.6) is 0 Å². The van der Waals surface area contributed by atoms with E-state index in [1.807, 2.05) is 6.92 Å². The van der Waals surface area contributed by atoms with Crippen LogP contribution in [0.3, 0.4) is 0 Å². The fraction of sp³-hybridized carbons (Fsp3) is 0.867. The summed E-state index contributed by atoms with van der Waals surface area (Å²) >= 11 is 0. The average molecular weight is 284 g/mol. The highest BCUT2D eigenvalue weighted by atomic mass is 19.1. The van der Waals surface area contributed by atoms with Crippen molar-refractivity contribution in [3.8, 4) is 0 Å². The lowest BCUT2D eigenvalue weighted by molar-refractivity contribution is -0.136. The molecule has 1 N–H and O–H groups in total. The molecule has 0 bridgehead atoms. The largest absolute Gasteiger partial charge is 0.344 e. The molecule has 0 aromatic heterocycles. The number of hydrogen-bond donors (Lipinski definition) is 1. The van der Waals surface area contributed by atoms with Gasteiger partial charge in [-0.15, -0.1) is 0 Å². The number of amides is 2. The Morgan fingerprint density at radius 1 is 1.25 bits per heavy atom. The van der Waals surface area contributed by atoms with Gasteiger partial charge in [0, 0.05) is 19.0 Å². The first kappa shape index (κ1) is 15.3. The number of alkyl halides is 1. The highest BCUT2D eigenvalue weighted by Gasteiger charge is 2.38. The van der Waals surface area contributed by atoms with Crippen LogP contribution in [-0.2, 0) is 9.59 Å². The molecule has 0 radical (unpaired) electrons. The van der Waals surface area contributed by atoms with Crippen LogP contribution in [-0.4, -0.2) is 42.0 Å². The molecule has 0 aromatic carbocycles. The number of rotatable bonds is 4. The van der Waals surface area contributed by atoms with E-state index < -0.39 is 12.7 Å². The van der Waals surface area contributed by atoms with Gasteiger partial charge >= 0.3 is 0 Å². The van der Waals surface area contributed by atoms with E-state index >= 15 is 0 Å². The predicted molar refractivity (Wildman–Crippen MR) is 74.9 cm³/mol. The lowest BCUT2D eigenvalue weighted by Gasteiger charge is -2.33. The third-order valence-electron chi connectivity index (χ3n) is 4.53. The van der Waals surface area contributed by atoms with Crippen molar-refractivity contribution in [3.05, 3.63) is 0 Å². The summed E-state index contributed by atoms with van der Waals surface area (Å²) < 4.78 is 12.4. The van der Waals surface area contributed by atoms with E-state index in [9.17, 15) is 14.0 Å². The Hall–Kier alpha value is -1.13. The molecule has 2 fully saturated rings. The van der Waals surface area contributed by atoms with Crippen LogP contribution in [0.1, 0.15) is 51.9 Å². The normalized spacial score (nSPS) is 29.2. The topological polar surface area (TPSA) is 49.4 Å². The van der Waals surface area contributed by atoms with Gasteiger partial charge < -0.3 is 10.2 Å². The Bertz CT molecular complexity index is 356. The van der Waals surface area contributed by atoms with Crippen molar-refractivity contribution in [2.45, 2.75) is 64.0 Å². The summed E-state index contributed by atoms with van der Waals surface area (Å²) in [7, 11) is 0. The summed E-state index contributed by atoms with van der Waals surface area (Å²) in [5, 5.41) is 2.91. The van der Waals surface area contributed by atoms with Gasteiger partial charge in [0.05, 0.1) is 6.67 Å². The summed E-state index contributed by atoms with van der Waals surface area (Å²) in [6, 6.07) is -0.532. The smallest absolute Gasteiger partial charge is 0.245 e. The molecule has 2 rings (SSSR count). The monoisotopic (exact) mass is 284 g/mol. The van der Waals surface area contributed by atoms with Crippen molar-refractivity contribution in [1.29, 1.82) is 0 Å². The second kappa shape index (κ2) is 7.04. The number of carbonyl (C=O) groups is 2. The van der Waals surface area contributed by atoms with Crippen molar-refractivity contribution < 1.29 is 14.0 Å². The maximum atomic E-state index is 12.7. The van der Waals surface area contributed by atoms with E-state index in [4.69, 9.17) is 0 Å². The Morgan fingerprint density at radius 3 is 2.60 bits per heavy atom. The molecule has 2 unspecified atom stereocenters. The third-order valence-corrected chi connectivity index (χ3v) is 4.53. The van der Waals surface area contributed by atoms with Crippen LogP contribution >= 0.6 is 0 Å². The summed E-state index contributed by atoms with van der Waals surface area (Å²) in [5.41, 5.74) is 0. The van der Waals surface area contributed by atoms with Crippen LogP contribution in [0, 0.1) is 5.92 Å². The Morgan fingerprint density at radius 2 is 1.95 bits per heavy atom. The van der Waals surface area contributed by atoms with Crippen molar-refractivity contribution in [2.75, 3.05) is 13.2 Å². The van der Waals surface area contributed by atoms with Gasteiger partial charge in [-0.2, -0.15) is 0 Å². The molecule has 0 spiro atoms. The summed E-state index contributed by atoms with van der Waals surface area (Å²) in [5.74, 6) is 0.186. The van der Waals surface area contributed by atoms with Crippen LogP contribution < -0.4 is 5.32 Å². The lowest BCUT2D eigenvalue weighted by atomic mass is 9.83. The van der Waals surface area contributed by atoms with Crippen molar-refractivity contribution >= 4 is 11.8 Å². The average Bonchev–Trinajstić information content (AvgIpc) is 2.55. The van der Waals surface area contributed by atoms with Crippen molar-refractivity contribution in [1.82, 2.24) is 10.2 Å². The van der Waals surface area contributed by atoms with E-state index in [1.54, 1.807) is 4.90 Å². The third kappa shape index (κ3) is 3.49. The summed E-state index contributed by atoms with van der Waals surface area (Å²) in [4.78, 5) is 26.3. The van der Waals surface area contributed by atoms with Gasteiger partial charge in [0.25, 0.3) is 0 Å². The molecule has 2 atom stereocenters. The van der Waals surface area contributed by atoms with Gasteiger partial charge in [-0.25, -0.2) is 0 Å². The Labute approximate surface area is 120 Å². The van der Waals surface area contributed by atoms with Crippen LogP contribution in [0.4, 0.5) is 4.39 Å². The minimum absolute atomic E-state index is 0.0105. The van der Waals surface area contributed by atoms with Crippen molar-refractivity contribution in [3.63, 3.8) is 0 Å². The molecule has 1 saturated heterocycles. The number of carbonyl (C=O) groups excluding carboxylic acids is 2. The molecule has 5 heteroatoms. The minimum atomic E-state index is -0.425. The van der Waals surface area contributed by atoms with E-state index in [1.165, 1.54) is 6.42 Å². The van der Waals surface area contributed by atoms with E-state index in [2.05, 4.69) is 5.32 Å². The fourth-order valence-corrected chi connectivity index (χ4v) is 3.42. The van der Waals surface area contributed by atoms with Gasteiger partial charge in [-0.05, 0) is 32.1 Å². The van der Waals surface area contributed by atoms with E-state index in [0.717, 1.165) is 25.7 Å². The van der Waals surface area contributed by atoms with Crippen LogP contribution in [0.25, 0.3) is 0 Å². The van der Waals surface area contributed by atoms with Gasteiger partial charge in [-0.1, -0.05) is 19.3 Å². The SMILES string of the molecule is CC1CC(=O)NC(C2CCCCC2)C(=O)N1CCCF. The zero-order valence-corrected chi connectivity index (χ0v) is 12.2. The van der Waals surface area contributed by atoms with Gasteiger partial charge in [0.15, 0.2) is 0 Å². The predicted octanol–water partition coefficient (Wildman–Crippen LogP) is 2.03. The molecule has 114 valence electrons. The summed E-state index contributed by atoms with van der Waals surface area (Å²) in [6.07, 6.45) is 6.15. The number of nitrogens with zero attached hydrogens (tertiary/aromatic N) is 1. The zero-order chi connectivity index (χ0) is 14.5. The summed E-state index contributed by atoms with van der Waals surface area (Å²) in [6.45, 7) is 1.86. The molecular weight excluding hydrogens is 259 g/mol. The number of nitrogens with one attached hydrogen (secondary N) is 1. The maximum Gasteiger partial charge on any atom is 0.245 e. The lowest BCUT2D eigenvalue weighted by Crippen LogP contribution is -2.50. The second-order valence-corrected chi connectivity index (χ2v) is 6.07. The zero-order valence-electron chi connectivity index (χ0n) is 12.2. The first-order chi connectivity index (χ1) is 9.63. The van der Waals surface area contributed by atoms with Crippen molar-refractivity contribution in [2.24, 2.45) is 5.92 Å². The molecular formula is C15H25FN2O2. The molecule has 1 saturated carbocycles. The first-order valence-corrected chi connectivity index (χ1v) is 7.79. The molecule has 20 heavy (non-hydrogen) atoms. The molecule has 4 nitrogen and oxygen atoms in total. The molecule has 1 aliphatic heterocycles. The maximum absolute atomic E-state index is 12.7. The quantitative estimate of drug-likeness (QED) is 0.859.